The van der Waals surface area contributed by atoms with Crippen molar-refractivity contribution >= 4 is 58.2 Å². The first-order valence-electron chi connectivity index (χ1n) is 31.7. The maximum Gasteiger partial charge on any atom is 0.320 e. The Morgan fingerprint density at radius 2 is 0.773 bits per heavy atom. The Balaban J connectivity index is 1.31. The lowest BCUT2D eigenvalue weighted by molar-refractivity contribution is -0.138. The molecule has 3 aromatic heterocycles. The quantitative estimate of drug-likeness (QED) is 0.0639. The van der Waals surface area contributed by atoms with Crippen molar-refractivity contribution < 1.29 is 19.4 Å². The molecule has 10 nitrogen and oxygen atoms in total. The number of aromatic nitrogens is 4. The SMILES string of the molecule is CC(C)(C)c1cc(-c2c3nc(c(-c4cc(C(C)(C)C)cc(C(C)(C)C)c4)c4ccc([nH]4)c(-c4cc(C(C)(C)C)cc(C(C)(C)C)c4)c4nc(c(-c5ccc(OCCCC(=O)NCCCC[C@H](N)C(=O)O)cc5)c5ccc2[nH]5)C=C4)C=C3)cc(C(C)(C)C)c1. The number of benzene rings is 4. The number of ether oxygens (including phenoxy) is 1. The molecule has 5 heterocycles. The van der Waals surface area contributed by atoms with Crippen LogP contribution in [-0.4, -0.2) is 56.1 Å². The Morgan fingerprint density at radius 3 is 1.08 bits per heavy atom. The van der Waals surface area contributed by atoms with Crippen LogP contribution in [0.3, 0.4) is 0 Å². The van der Waals surface area contributed by atoms with E-state index in [1.807, 2.05) is 12.1 Å². The van der Waals surface area contributed by atoms with Gasteiger partial charge in [0.15, 0.2) is 0 Å². The molecule has 0 spiro atoms. The van der Waals surface area contributed by atoms with Crippen LogP contribution in [0.15, 0.2) is 103 Å². The third-order valence-electron chi connectivity index (χ3n) is 17.2. The average Bonchev–Trinajstić information content (AvgIpc) is 1.61. The van der Waals surface area contributed by atoms with E-state index in [0.717, 1.165) is 89.4 Å². The summed E-state index contributed by atoms with van der Waals surface area (Å²) in [6, 6.07) is 37.6. The summed E-state index contributed by atoms with van der Waals surface area (Å²) in [4.78, 5) is 43.4. The fourth-order valence-corrected chi connectivity index (χ4v) is 11.4. The zero-order valence-corrected chi connectivity index (χ0v) is 55.8. The lowest BCUT2D eigenvalue weighted by Gasteiger charge is -2.26. The molecular formula is C78H96N6O4. The first-order chi connectivity index (χ1) is 41.0. The number of carboxylic acid groups (broad SMARTS) is 1. The van der Waals surface area contributed by atoms with E-state index in [1.165, 1.54) is 33.4 Å². The number of nitrogens with one attached hydrogen (secondary N) is 3. The van der Waals surface area contributed by atoms with Gasteiger partial charge in [-0.3, -0.25) is 9.59 Å². The van der Waals surface area contributed by atoms with Crippen molar-refractivity contribution in [1.29, 1.82) is 0 Å². The number of unbranched alkanes of at least 4 members (excludes halogenated alkanes) is 1. The van der Waals surface area contributed by atoms with Crippen molar-refractivity contribution in [3.8, 4) is 50.3 Å². The van der Waals surface area contributed by atoms with Crippen LogP contribution >= 0.6 is 0 Å². The van der Waals surface area contributed by atoms with Crippen molar-refractivity contribution in [3.63, 3.8) is 0 Å². The predicted octanol–water partition coefficient (Wildman–Crippen LogP) is 19.0. The number of carboxylic acids is 1. The largest absolute Gasteiger partial charge is 0.494 e. The molecule has 6 N–H and O–H groups in total. The number of fused-ring (bicyclic) bond motifs is 8. The number of hydrogen-bond donors (Lipinski definition) is 5. The highest BCUT2D eigenvalue weighted by Gasteiger charge is 2.28. The number of amides is 1. The van der Waals surface area contributed by atoms with Crippen molar-refractivity contribution in [2.45, 2.75) is 195 Å². The van der Waals surface area contributed by atoms with Crippen molar-refractivity contribution in [2.24, 2.45) is 5.73 Å². The average molecular weight is 1180 g/mol. The lowest BCUT2D eigenvalue weighted by Crippen LogP contribution is -2.30. The maximum absolute atomic E-state index is 12.7. The maximum atomic E-state index is 12.7. The molecule has 9 rings (SSSR count). The topological polar surface area (TPSA) is 159 Å². The van der Waals surface area contributed by atoms with Crippen molar-refractivity contribution in [3.05, 3.63) is 159 Å². The van der Waals surface area contributed by atoms with E-state index in [9.17, 15) is 9.59 Å². The summed E-state index contributed by atoms with van der Waals surface area (Å²) in [5.41, 5.74) is 27.7. The molecule has 0 unspecified atom stereocenters. The van der Waals surface area contributed by atoms with Crippen LogP contribution in [0.1, 0.15) is 213 Å². The van der Waals surface area contributed by atoms with Crippen LogP contribution in [-0.2, 0) is 42.1 Å². The molecule has 4 aromatic carbocycles. The van der Waals surface area contributed by atoms with Gasteiger partial charge >= 0.3 is 5.97 Å². The van der Waals surface area contributed by atoms with Gasteiger partial charge < -0.3 is 30.9 Å². The van der Waals surface area contributed by atoms with Crippen LogP contribution < -0.4 is 15.8 Å². The zero-order valence-electron chi connectivity index (χ0n) is 55.8. The molecule has 0 aliphatic carbocycles. The molecule has 2 aliphatic rings. The van der Waals surface area contributed by atoms with Gasteiger partial charge in [-0.1, -0.05) is 191 Å². The molecular weight excluding hydrogens is 1080 g/mol. The van der Waals surface area contributed by atoms with Gasteiger partial charge in [-0.25, -0.2) is 9.97 Å². The molecule has 0 fully saturated rings. The first kappa shape index (κ1) is 64.6. The van der Waals surface area contributed by atoms with Crippen molar-refractivity contribution in [2.75, 3.05) is 13.2 Å². The molecule has 88 heavy (non-hydrogen) atoms. The highest BCUT2D eigenvalue weighted by Crippen LogP contribution is 2.44. The summed E-state index contributed by atoms with van der Waals surface area (Å²) in [5, 5.41) is 12.0. The second kappa shape index (κ2) is 24.6. The number of hydrogen-bond acceptors (Lipinski definition) is 6. The van der Waals surface area contributed by atoms with Crippen molar-refractivity contribution in [1.82, 2.24) is 25.3 Å². The van der Waals surface area contributed by atoms with Gasteiger partial charge in [0.05, 0.1) is 29.4 Å². The molecule has 8 bridgehead atoms. The van der Waals surface area contributed by atoms with Gasteiger partial charge in [0.1, 0.15) is 11.8 Å². The number of carbonyl (C=O) groups excluding carboxylic acids is 1. The van der Waals surface area contributed by atoms with E-state index in [-0.39, 0.29) is 38.4 Å². The Bertz CT molecular complexity index is 3840. The number of nitrogens with two attached hydrogens (primary N) is 1. The number of aliphatic carboxylic acids is 1. The molecule has 462 valence electrons. The highest BCUT2D eigenvalue weighted by molar-refractivity contribution is 6.00. The number of nitrogens with zero attached hydrogens (tertiary/aromatic N) is 2. The Labute approximate surface area is 524 Å². The Morgan fingerprint density at radius 1 is 0.455 bits per heavy atom. The molecule has 7 aromatic rings. The third kappa shape index (κ3) is 14.8. The molecule has 10 heteroatoms. The number of carbonyl (C=O) groups is 2. The Hall–Kier alpha value is -7.82. The highest BCUT2D eigenvalue weighted by atomic mass is 16.5. The summed E-state index contributed by atoms with van der Waals surface area (Å²) < 4.78 is 6.27. The molecule has 2 aliphatic heterocycles. The van der Waals surface area contributed by atoms with Crippen LogP contribution in [0.5, 0.6) is 5.75 Å². The van der Waals surface area contributed by atoms with Gasteiger partial charge in [-0.2, -0.15) is 0 Å². The summed E-state index contributed by atoms with van der Waals surface area (Å²) in [7, 11) is 0. The van der Waals surface area contributed by atoms with Crippen LogP contribution in [0, 0.1) is 0 Å². The molecule has 1 amide bonds. The normalized spacial score (nSPS) is 13.5. The summed E-state index contributed by atoms with van der Waals surface area (Å²) >= 11 is 0. The predicted molar refractivity (Wildman–Crippen MR) is 370 cm³/mol. The first-order valence-corrected chi connectivity index (χ1v) is 31.7. The fraction of sp³-hybridized carbons (Fsp3) is 0.410. The van der Waals surface area contributed by atoms with Gasteiger partial charge in [-0.05, 0) is 175 Å². The minimum absolute atomic E-state index is 0.0651. The van der Waals surface area contributed by atoms with Crippen LogP contribution in [0.4, 0.5) is 0 Å². The smallest absolute Gasteiger partial charge is 0.320 e. The summed E-state index contributed by atoms with van der Waals surface area (Å²) in [6.45, 7) is 42.1. The van der Waals surface area contributed by atoms with E-state index >= 15 is 0 Å². The van der Waals surface area contributed by atoms with Gasteiger partial charge in [0.25, 0.3) is 0 Å². The lowest BCUT2D eigenvalue weighted by atomic mass is 9.78. The number of rotatable bonds is 15. The minimum Gasteiger partial charge on any atom is -0.494 e. The fourth-order valence-electron chi connectivity index (χ4n) is 11.4. The molecule has 0 saturated heterocycles. The van der Waals surface area contributed by atoms with Crippen LogP contribution in [0.2, 0.25) is 0 Å². The van der Waals surface area contributed by atoms with E-state index in [4.69, 9.17) is 25.5 Å². The third-order valence-corrected chi connectivity index (χ3v) is 17.2. The standard InChI is InChI=1S/C78H96N6O4/c1-73(2,3)51-38-48(39-52(44-51)74(4,5)6)69-61-30-28-59(81-61)68(47-24-26-57(27-25-47)88-37-21-23-67(85)80-36-20-19-22-58(79)72(86)87)60-29-31-62(82-60)70(49-40-53(75(7,8)9)45-54(41-49)76(10,11)12)64-33-35-66(84-64)71(65-34-32-63(69)83-65)50-42-55(77(13,14)15)46-56(43-50)78(16,17)18/h24-35,38-46,58,81,84H,19-23,36-37,79H2,1-18H3,(H,80,85)(H,86,87)/t58-/m0/s1. The number of aromatic amines is 2. The molecule has 0 saturated carbocycles. The van der Waals surface area contributed by atoms with E-state index < -0.39 is 12.0 Å². The van der Waals surface area contributed by atoms with Gasteiger partial charge in [0, 0.05) is 57.3 Å². The second-order valence-corrected chi connectivity index (χ2v) is 30.7. The van der Waals surface area contributed by atoms with E-state index in [2.05, 4.69) is 255 Å². The van der Waals surface area contributed by atoms with Gasteiger partial charge in [-0.15, -0.1) is 0 Å². The van der Waals surface area contributed by atoms with E-state index in [0.29, 0.717) is 51.0 Å². The van der Waals surface area contributed by atoms with E-state index in [1.54, 1.807) is 0 Å². The monoisotopic (exact) mass is 1180 g/mol. The Kier molecular flexibility index (Phi) is 18.1. The van der Waals surface area contributed by atoms with Gasteiger partial charge in [0.2, 0.25) is 5.91 Å². The van der Waals surface area contributed by atoms with Crippen LogP contribution in [0.25, 0.3) is 90.9 Å². The number of H-pyrrole nitrogens is 2. The zero-order chi connectivity index (χ0) is 64.1. The summed E-state index contributed by atoms with van der Waals surface area (Å²) in [5.74, 6) is -0.378. The minimum atomic E-state index is -1.01. The molecule has 0 radical (unpaired) electrons. The summed E-state index contributed by atoms with van der Waals surface area (Å²) in [6.07, 6.45) is 11.3. The second-order valence-electron chi connectivity index (χ2n) is 30.7. The molecule has 1 atom stereocenters.